The molecule has 21 heavy (non-hydrogen) atoms. The molecular weight excluding hydrogens is 360 g/mol. The van der Waals surface area contributed by atoms with Crippen molar-refractivity contribution < 1.29 is 23.1 Å². The second-order valence-corrected chi connectivity index (χ2v) is 7.17. The van der Waals surface area contributed by atoms with Crippen LogP contribution in [-0.4, -0.2) is 25.7 Å². The lowest BCUT2D eigenvalue weighted by molar-refractivity contribution is 0.0696. The van der Waals surface area contributed by atoms with Gasteiger partial charge in [0.2, 0.25) is 0 Å². The number of hydrogen-bond acceptors (Lipinski definition) is 4. The van der Waals surface area contributed by atoms with Crippen LogP contribution in [0.15, 0.2) is 51.8 Å². The molecule has 2 aromatic carbocycles. The number of carboxylic acid groups (broad SMARTS) is 1. The number of hydrogen-bond donors (Lipinski definition) is 1. The fraction of sp³-hybridized carbons (Fsp3) is 0.0714. The molecule has 110 valence electrons. The zero-order chi connectivity index (χ0) is 15.6. The molecule has 0 aliphatic rings. The molecule has 0 fully saturated rings. The summed E-state index contributed by atoms with van der Waals surface area (Å²) >= 11 is 3.15. The summed E-state index contributed by atoms with van der Waals surface area (Å²) in [6, 6.07) is 10.5. The average molecular weight is 371 g/mol. The summed E-state index contributed by atoms with van der Waals surface area (Å²) < 4.78 is 28.9. The van der Waals surface area contributed by atoms with Crippen molar-refractivity contribution in [3.8, 4) is 11.5 Å². The van der Waals surface area contributed by atoms with Crippen LogP contribution in [0.25, 0.3) is 0 Å². The van der Waals surface area contributed by atoms with E-state index in [0.29, 0.717) is 16.0 Å². The number of ether oxygens (including phenoxy) is 1. The van der Waals surface area contributed by atoms with Crippen LogP contribution in [0.5, 0.6) is 11.5 Å². The van der Waals surface area contributed by atoms with Gasteiger partial charge in [0.25, 0.3) is 0 Å². The molecule has 2 aromatic rings. The second-order valence-electron chi connectivity index (χ2n) is 4.30. The molecule has 0 aliphatic heterocycles. The third-order valence-electron chi connectivity index (χ3n) is 2.64. The van der Waals surface area contributed by atoms with Gasteiger partial charge in [0, 0.05) is 10.7 Å². The minimum absolute atomic E-state index is 0.118. The van der Waals surface area contributed by atoms with E-state index in [9.17, 15) is 13.2 Å². The highest BCUT2D eigenvalue weighted by Gasteiger charge is 2.11. The average Bonchev–Trinajstić information content (AvgIpc) is 2.37. The Bertz CT molecular complexity index is 799. The molecule has 5 nitrogen and oxygen atoms in total. The largest absolute Gasteiger partial charge is 0.478 e. The van der Waals surface area contributed by atoms with Crippen LogP contribution in [0.1, 0.15) is 10.4 Å². The van der Waals surface area contributed by atoms with Crippen LogP contribution in [-0.2, 0) is 9.84 Å². The van der Waals surface area contributed by atoms with Crippen molar-refractivity contribution in [2.24, 2.45) is 0 Å². The lowest BCUT2D eigenvalue weighted by Crippen LogP contribution is -1.98. The van der Waals surface area contributed by atoms with E-state index >= 15 is 0 Å². The minimum Gasteiger partial charge on any atom is -0.478 e. The van der Waals surface area contributed by atoms with Crippen LogP contribution in [0.3, 0.4) is 0 Å². The summed E-state index contributed by atoms with van der Waals surface area (Å²) in [7, 11) is -3.31. The SMILES string of the molecule is CS(=O)(=O)c1cccc(Oc2ccc(C(=O)O)c(Br)c2)c1. The predicted molar refractivity (Wildman–Crippen MR) is 80.7 cm³/mol. The molecule has 1 N–H and O–H groups in total. The van der Waals surface area contributed by atoms with E-state index in [4.69, 9.17) is 9.84 Å². The smallest absolute Gasteiger partial charge is 0.336 e. The van der Waals surface area contributed by atoms with Crippen molar-refractivity contribution >= 4 is 31.7 Å². The number of carboxylic acids is 1. The first-order valence-corrected chi connectivity index (χ1v) is 8.46. The summed E-state index contributed by atoms with van der Waals surface area (Å²) in [6.45, 7) is 0. The molecule has 0 aromatic heterocycles. The number of sulfone groups is 1. The molecule has 0 spiro atoms. The van der Waals surface area contributed by atoms with Crippen molar-refractivity contribution in [2.45, 2.75) is 4.90 Å². The maximum atomic E-state index is 11.5. The van der Waals surface area contributed by atoms with Crippen LogP contribution in [0, 0.1) is 0 Å². The maximum Gasteiger partial charge on any atom is 0.336 e. The summed E-state index contributed by atoms with van der Waals surface area (Å²) in [5.74, 6) is -0.294. The van der Waals surface area contributed by atoms with Gasteiger partial charge in [-0.05, 0) is 52.3 Å². The molecular formula is C14H11BrO5S. The molecule has 7 heteroatoms. The van der Waals surface area contributed by atoms with Gasteiger partial charge in [-0.3, -0.25) is 0 Å². The van der Waals surface area contributed by atoms with Gasteiger partial charge >= 0.3 is 5.97 Å². The Morgan fingerprint density at radius 2 is 1.81 bits per heavy atom. The zero-order valence-electron chi connectivity index (χ0n) is 10.9. The van der Waals surface area contributed by atoms with Crippen molar-refractivity contribution in [2.75, 3.05) is 6.26 Å². The Morgan fingerprint density at radius 3 is 2.38 bits per heavy atom. The first-order chi connectivity index (χ1) is 9.77. The molecule has 0 saturated carbocycles. The molecule has 0 radical (unpaired) electrons. The first-order valence-electron chi connectivity index (χ1n) is 5.78. The van der Waals surface area contributed by atoms with Gasteiger partial charge in [-0.2, -0.15) is 0 Å². The lowest BCUT2D eigenvalue weighted by atomic mass is 10.2. The van der Waals surface area contributed by atoms with Gasteiger partial charge in [-0.25, -0.2) is 13.2 Å². The van der Waals surface area contributed by atoms with E-state index in [1.807, 2.05) is 0 Å². The number of halogens is 1. The highest BCUT2D eigenvalue weighted by atomic mass is 79.9. The molecule has 0 bridgehead atoms. The molecule has 0 heterocycles. The molecule has 0 aliphatic carbocycles. The molecule has 0 atom stereocenters. The van der Waals surface area contributed by atoms with Crippen LogP contribution < -0.4 is 4.74 Å². The quantitative estimate of drug-likeness (QED) is 0.892. The van der Waals surface area contributed by atoms with E-state index in [2.05, 4.69) is 15.9 Å². The fourth-order valence-electron chi connectivity index (χ4n) is 1.64. The van der Waals surface area contributed by atoms with Crippen LogP contribution in [0.2, 0.25) is 0 Å². The monoisotopic (exact) mass is 370 g/mol. The highest BCUT2D eigenvalue weighted by Crippen LogP contribution is 2.28. The van der Waals surface area contributed by atoms with Gasteiger partial charge < -0.3 is 9.84 Å². The van der Waals surface area contributed by atoms with Gasteiger partial charge in [-0.15, -0.1) is 0 Å². The number of carbonyl (C=O) groups is 1. The van der Waals surface area contributed by atoms with Crippen LogP contribution in [0.4, 0.5) is 0 Å². The zero-order valence-corrected chi connectivity index (χ0v) is 13.3. The second kappa shape index (κ2) is 5.87. The summed E-state index contributed by atoms with van der Waals surface area (Å²) in [5.41, 5.74) is 0.118. The third kappa shape index (κ3) is 3.83. The Hall–Kier alpha value is -1.86. The molecule has 0 saturated heterocycles. The number of aromatic carboxylic acids is 1. The predicted octanol–water partition coefficient (Wildman–Crippen LogP) is 3.34. The Morgan fingerprint density at radius 1 is 1.14 bits per heavy atom. The standard InChI is InChI=1S/C14H11BrO5S/c1-21(18,19)11-4-2-3-9(7-11)20-10-5-6-12(14(16)17)13(15)8-10/h2-8H,1H3,(H,16,17). The fourth-order valence-corrected chi connectivity index (χ4v) is 2.82. The number of benzene rings is 2. The van der Waals surface area contributed by atoms with Crippen molar-refractivity contribution in [3.63, 3.8) is 0 Å². The summed E-state index contributed by atoms with van der Waals surface area (Å²) in [6.07, 6.45) is 1.12. The third-order valence-corrected chi connectivity index (χ3v) is 4.41. The Labute approximate surface area is 130 Å². The van der Waals surface area contributed by atoms with E-state index in [-0.39, 0.29) is 10.5 Å². The van der Waals surface area contributed by atoms with Gasteiger partial charge in [0.1, 0.15) is 11.5 Å². The van der Waals surface area contributed by atoms with Crippen molar-refractivity contribution in [3.05, 3.63) is 52.5 Å². The van der Waals surface area contributed by atoms with Gasteiger partial charge in [-0.1, -0.05) is 6.07 Å². The first kappa shape index (κ1) is 15.5. The molecule has 2 rings (SSSR count). The van der Waals surface area contributed by atoms with E-state index in [0.717, 1.165) is 6.26 Å². The molecule has 0 unspecified atom stereocenters. The number of rotatable bonds is 4. The maximum absolute atomic E-state index is 11.5. The van der Waals surface area contributed by atoms with Gasteiger partial charge in [0.05, 0.1) is 10.5 Å². The minimum atomic E-state index is -3.31. The Balaban J connectivity index is 2.31. The topological polar surface area (TPSA) is 80.7 Å². The van der Waals surface area contributed by atoms with E-state index in [1.165, 1.54) is 30.3 Å². The normalized spacial score (nSPS) is 11.1. The molecule has 0 amide bonds. The Kier molecular flexibility index (Phi) is 4.34. The lowest BCUT2D eigenvalue weighted by Gasteiger charge is -2.08. The van der Waals surface area contributed by atoms with Crippen molar-refractivity contribution in [1.82, 2.24) is 0 Å². The summed E-state index contributed by atoms with van der Waals surface area (Å²) in [5, 5.41) is 8.93. The van der Waals surface area contributed by atoms with E-state index < -0.39 is 15.8 Å². The highest BCUT2D eigenvalue weighted by molar-refractivity contribution is 9.10. The van der Waals surface area contributed by atoms with E-state index in [1.54, 1.807) is 12.1 Å². The van der Waals surface area contributed by atoms with Crippen LogP contribution >= 0.6 is 15.9 Å². The van der Waals surface area contributed by atoms with Crippen molar-refractivity contribution in [1.29, 1.82) is 0 Å². The van der Waals surface area contributed by atoms with Gasteiger partial charge in [0.15, 0.2) is 9.84 Å². The summed E-state index contributed by atoms with van der Waals surface area (Å²) in [4.78, 5) is 11.1.